The van der Waals surface area contributed by atoms with Gasteiger partial charge in [0.15, 0.2) is 0 Å². The van der Waals surface area contributed by atoms with Gasteiger partial charge in [-0.3, -0.25) is 4.79 Å². The zero-order chi connectivity index (χ0) is 21.9. The lowest BCUT2D eigenvalue weighted by Gasteiger charge is -2.03. The first kappa shape index (κ1) is 27.0. The number of hydrogen-bond donors (Lipinski definition) is 1. The summed E-state index contributed by atoms with van der Waals surface area (Å²) in [5.74, 6) is -0.0407. The van der Waals surface area contributed by atoms with E-state index in [9.17, 15) is 4.79 Å². The molecule has 170 valence electrons. The Morgan fingerprint density at radius 3 is 1.80 bits per heavy atom. The Hall–Kier alpha value is -1.06. The Labute approximate surface area is 194 Å². The average molecular weight is 456 g/mol. The van der Waals surface area contributed by atoms with Crippen molar-refractivity contribution in [3.8, 4) is 0 Å². The van der Waals surface area contributed by atoms with Crippen molar-refractivity contribution in [1.29, 1.82) is 0 Å². The highest BCUT2D eigenvalue weighted by molar-refractivity contribution is 6.42. The maximum absolute atomic E-state index is 11.8. The largest absolute Gasteiger partial charge is 0.273 e. The van der Waals surface area contributed by atoms with Gasteiger partial charge in [0.25, 0.3) is 0 Å². The monoisotopic (exact) mass is 454 g/mol. The van der Waals surface area contributed by atoms with Crippen LogP contribution in [0.2, 0.25) is 10.0 Å². The minimum atomic E-state index is -0.0407. The van der Waals surface area contributed by atoms with Crippen LogP contribution in [0.4, 0.5) is 0 Å². The van der Waals surface area contributed by atoms with Crippen molar-refractivity contribution < 1.29 is 4.79 Å². The lowest BCUT2D eigenvalue weighted by Crippen LogP contribution is -2.16. The summed E-state index contributed by atoms with van der Waals surface area (Å²) in [4.78, 5) is 11.8. The number of carbonyl (C=O) groups is 1. The van der Waals surface area contributed by atoms with Crippen LogP contribution >= 0.6 is 23.2 Å². The maximum Gasteiger partial charge on any atom is 0.240 e. The van der Waals surface area contributed by atoms with Crippen molar-refractivity contribution in [2.24, 2.45) is 5.10 Å². The normalized spacial score (nSPS) is 11.3. The van der Waals surface area contributed by atoms with Crippen molar-refractivity contribution >= 4 is 35.3 Å². The number of nitrogens with zero attached hydrogens (tertiary/aromatic N) is 1. The molecule has 1 rings (SSSR count). The van der Waals surface area contributed by atoms with Gasteiger partial charge in [0.1, 0.15) is 0 Å². The number of carbonyl (C=O) groups excluding carboxylic acids is 1. The summed E-state index contributed by atoms with van der Waals surface area (Å²) in [5, 5.41) is 4.96. The molecule has 3 nitrogen and oxygen atoms in total. The molecule has 1 N–H and O–H groups in total. The number of hydrogen-bond acceptors (Lipinski definition) is 2. The maximum atomic E-state index is 11.8. The third-order valence-corrected chi connectivity index (χ3v) is 6.09. The van der Waals surface area contributed by atoms with Gasteiger partial charge in [-0.25, -0.2) is 5.43 Å². The number of amides is 1. The van der Waals surface area contributed by atoms with E-state index in [4.69, 9.17) is 23.2 Å². The number of nitrogens with one attached hydrogen (secondary N) is 1. The molecule has 0 unspecified atom stereocenters. The summed E-state index contributed by atoms with van der Waals surface area (Å²) in [6, 6.07) is 5.23. The van der Waals surface area contributed by atoms with Gasteiger partial charge in [0.05, 0.1) is 16.3 Å². The van der Waals surface area contributed by atoms with Crippen LogP contribution in [-0.4, -0.2) is 12.1 Å². The molecular formula is C25H40Cl2N2O. The Kier molecular flexibility index (Phi) is 16.8. The van der Waals surface area contributed by atoms with Crippen LogP contribution in [0.15, 0.2) is 23.3 Å². The molecule has 0 spiro atoms. The first-order chi connectivity index (χ1) is 14.6. The van der Waals surface area contributed by atoms with E-state index in [1.807, 2.05) is 0 Å². The number of rotatable bonds is 18. The molecule has 5 heteroatoms. The van der Waals surface area contributed by atoms with E-state index in [1.54, 1.807) is 24.4 Å². The van der Waals surface area contributed by atoms with Crippen LogP contribution < -0.4 is 5.43 Å². The van der Waals surface area contributed by atoms with Crippen molar-refractivity contribution in [1.82, 2.24) is 5.43 Å². The number of halogens is 2. The van der Waals surface area contributed by atoms with Gasteiger partial charge in [-0.15, -0.1) is 0 Å². The predicted octanol–water partition coefficient (Wildman–Crippen LogP) is 8.71. The minimum absolute atomic E-state index is 0.0407. The summed E-state index contributed by atoms with van der Waals surface area (Å²) in [5.41, 5.74) is 3.37. The Morgan fingerprint density at radius 2 is 1.30 bits per heavy atom. The summed E-state index contributed by atoms with van der Waals surface area (Å²) in [7, 11) is 0. The molecule has 0 saturated carbocycles. The lowest BCUT2D eigenvalue weighted by atomic mass is 10.0. The molecule has 0 aliphatic rings. The quantitative estimate of drug-likeness (QED) is 0.134. The van der Waals surface area contributed by atoms with E-state index < -0.39 is 0 Å². The van der Waals surface area contributed by atoms with Crippen molar-refractivity contribution in [3.05, 3.63) is 33.8 Å². The van der Waals surface area contributed by atoms with Crippen LogP contribution in [0, 0.1) is 0 Å². The molecule has 0 aromatic heterocycles. The average Bonchev–Trinajstić information content (AvgIpc) is 2.73. The van der Waals surface area contributed by atoms with E-state index in [1.165, 1.54) is 83.5 Å². The molecule has 0 radical (unpaired) electrons. The third kappa shape index (κ3) is 14.8. The zero-order valence-electron chi connectivity index (χ0n) is 18.7. The van der Waals surface area contributed by atoms with Gasteiger partial charge < -0.3 is 0 Å². The minimum Gasteiger partial charge on any atom is -0.273 e. The fourth-order valence-corrected chi connectivity index (χ4v) is 3.79. The molecule has 0 bridgehead atoms. The van der Waals surface area contributed by atoms with E-state index in [-0.39, 0.29) is 5.91 Å². The Bertz CT molecular complexity index is 605. The van der Waals surface area contributed by atoms with Gasteiger partial charge in [-0.2, -0.15) is 5.10 Å². The SMILES string of the molecule is CCCCCCCCCCCCCCCCCC(=O)N/N=C/c1ccc(Cl)c(Cl)c1. The Morgan fingerprint density at radius 1 is 0.800 bits per heavy atom. The van der Waals surface area contributed by atoms with Gasteiger partial charge in [-0.1, -0.05) is 126 Å². The summed E-state index contributed by atoms with van der Waals surface area (Å²) < 4.78 is 0. The highest BCUT2D eigenvalue weighted by Gasteiger charge is 2.01. The number of hydrazone groups is 1. The molecule has 1 aromatic carbocycles. The molecule has 0 aliphatic heterocycles. The van der Waals surface area contributed by atoms with Crippen LogP contribution in [0.5, 0.6) is 0 Å². The van der Waals surface area contributed by atoms with E-state index >= 15 is 0 Å². The van der Waals surface area contributed by atoms with Gasteiger partial charge in [0, 0.05) is 6.42 Å². The Balaban J connectivity index is 1.88. The fraction of sp³-hybridized carbons (Fsp3) is 0.680. The van der Waals surface area contributed by atoms with E-state index in [0.29, 0.717) is 16.5 Å². The lowest BCUT2D eigenvalue weighted by molar-refractivity contribution is -0.121. The molecule has 1 amide bonds. The zero-order valence-corrected chi connectivity index (χ0v) is 20.2. The van der Waals surface area contributed by atoms with Crippen LogP contribution in [0.25, 0.3) is 0 Å². The van der Waals surface area contributed by atoms with Crippen molar-refractivity contribution in [2.75, 3.05) is 0 Å². The van der Waals surface area contributed by atoms with Crippen LogP contribution in [0.3, 0.4) is 0 Å². The van der Waals surface area contributed by atoms with Crippen molar-refractivity contribution in [3.63, 3.8) is 0 Å². The topological polar surface area (TPSA) is 41.5 Å². The highest BCUT2D eigenvalue weighted by atomic mass is 35.5. The standard InChI is InChI=1S/C25H40Cl2N2O/c1-2-3-4-5-6-7-8-9-10-11-12-13-14-15-16-17-25(30)29-28-21-22-18-19-23(26)24(27)20-22/h18-21H,2-17H2,1H3,(H,29,30)/b28-21+. The van der Waals surface area contributed by atoms with Gasteiger partial charge in [0.2, 0.25) is 5.91 Å². The summed E-state index contributed by atoms with van der Waals surface area (Å²) >= 11 is 11.8. The first-order valence-corrected chi connectivity index (χ1v) is 12.7. The smallest absolute Gasteiger partial charge is 0.240 e. The van der Waals surface area contributed by atoms with Gasteiger partial charge in [-0.05, 0) is 24.1 Å². The molecule has 0 heterocycles. The molecule has 0 atom stereocenters. The van der Waals surface area contributed by atoms with Crippen LogP contribution in [-0.2, 0) is 4.79 Å². The second-order valence-electron chi connectivity index (χ2n) is 8.17. The second kappa shape index (κ2) is 18.7. The fourth-order valence-electron chi connectivity index (χ4n) is 3.48. The molecule has 1 aromatic rings. The second-order valence-corrected chi connectivity index (χ2v) is 8.98. The summed E-state index contributed by atoms with van der Waals surface area (Å²) in [6.07, 6.45) is 22.0. The molecule has 0 aliphatic carbocycles. The van der Waals surface area contributed by atoms with Crippen LogP contribution in [0.1, 0.15) is 115 Å². The molecular weight excluding hydrogens is 415 g/mol. The summed E-state index contributed by atoms with van der Waals surface area (Å²) in [6.45, 7) is 2.27. The van der Waals surface area contributed by atoms with E-state index in [2.05, 4.69) is 17.5 Å². The number of benzene rings is 1. The third-order valence-electron chi connectivity index (χ3n) is 5.35. The van der Waals surface area contributed by atoms with Crippen molar-refractivity contribution in [2.45, 2.75) is 110 Å². The first-order valence-electron chi connectivity index (χ1n) is 11.9. The highest BCUT2D eigenvalue weighted by Crippen LogP contribution is 2.21. The molecule has 30 heavy (non-hydrogen) atoms. The van der Waals surface area contributed by atoms with E-state index in [0.717, 1.165) is 18.4 Å². The predicted molar refractivity (Wildman–Crippen MR) is 132 cm³/mol. The van der Waals surface area contributed by atoms with Gasteiger partial charge >= 0.3 is 0 Å². The molecule has 0 fully saturated rings. The number of unbranched alkanes of at least 4 members (excludes halogenated alkanes) is 14. The molecule has 0 saturated heterocycles.